The summed E-state index contributed by atoms with van der Waals surface area (Å²) >= 11 is 5.95. The van der Waals surface area contributed by atoms with Crippen LogP contribution in [0.15, 0.2) is 59.6 Å². The summed E-state index contributed by atoms with van der Waals surface area (Å²) in [5.41, 5.74) is 0.0595. The van der Waals surface area contributed by atoms with Gasteiger partial charge < -0.3 is 9.47 Å². The molecule has 29 heavy (non-hydrogen) atoms. The van der Waals surface area contributed by atoms with Gasteiger partial charge in [-0.15, -0.1) is 0 Å². The van der Waals surface area contributed by atoms with E-state index >= 15 is 0 Å². The minimum Gasteiger partial charge on any atom is -0.454 e. The Kier molecular flexibility index (Phi) is 5.95. The smallest absolute Gasteiger partial charge is 0.395 e. The highest BCUT2D eigenvalue weighted by Gasteiger charge is 2.62. The van der Waals surface area contributed by atoms with Crippen LogP contribution in [-0.4, -0.2) is 5.97 Å². The van der Waals surface area contributed by atoms with E-state index in [4.69, 9.17) is 27.6 Å². The fourth-order valence-corrected chi connectivity index (χ4v) is 3.54. The zero-order valence-electron chi connectivity index (χ0n) is 16.4. The van der Waals surface area contributed by atoms with E-state index in [-0.39, 0.29) is 23.0 Å². The van der Waals surface area contributed by atoms with Gasteiger partial charge in [-0.25, -0.2) is 11.0 Å². The number of ether oxygens (including phenoxy) is 2. The van der Waals surface area contributed by atoms with E-state index in [0.29, 0.717) is 16.3 Å². The fourth-order valence-electron chi connectivity index (χ4n) is 3.41. The van der Waals surface area contributed by atoms with Crippen molar-refractivity contribution < 1.29 is 18.7 Å². The van der Waals surface area contributed by atoms with Gasteiger partial charge in [0.15, 0.2) is 11.6 Å². The Bertz CT molecular complexity index is 977. The molecular formula is C23H21ClFNO3. The average Bonchev–Trinajstić information content (AvgIpc) is 3.21. The molecule has 4 nitrogen and oxygen atoms in total. The van der Waals surface area contributed by atoms with Crippen molar-refractivity contribution >= 4 is 17.6 Å². The van der Waals surface area contributed by atoms with E-state index in [1.807, 2.05) is 26.0 Å². The van der Waals surface area contributed by atoms with Crippen molar-refractivity contribution in [2.45, 2.75) is 27.0 Å². The molecule has 0 spiro atoms. The van der Waals surface area contributed by atoms with Gasteiger partial charge in [0.05, 0.1) is 11.5 Å². The van der Waals surface area contributed by atoms with Crippen LogP contribution in [0, 0.1) is 29.6 Å². The zero-order chi connectivity index (χ0) is 21.2. The first kappa shape index (κ1) is 20.9. The molecule has 1 aliphatic rings. The number of carbonyl (C=O) groups excluding carboxylic acids is 1. The third-order valence-electron chi connectivity index (χ3n) is 5.13. The van der Waals surface area contributed by atoms with Gasteiger partial charge in [-0.1, -0.05) is 49.7 Å². The Labute approximate surface area is 174 Å². The van der Waals surface area contributed by atoms with E-state index in [1.165, 1.54) is 18.2 Å². The summed E-state index contributed by atoms with van der Waals surface area (Å²) in [6, 6.07) is 12.8. The molecule has 0 amide bonds. The Balaban J connectivity index is 1.77. The second-order valence-electron chi connectivity index (χ2n) is 7.60. The SMILES string of the molecule is [C-]#[N+]C(OC(=O)C1C(/C=C(\C)Cl)C1(C)C)c1ccc(F)c(Oc2ccccc2)c1. The number of hydrogen-bond acceptors (Lipinski definition) is 3. The van der Waals surface area contributed by atoms with Crippen molar-refractivity contribution in [3.05, 3.63) is 82.4 Å². The molecule has 6 heteroatoms. The third-order valence-corrected chi connectivity index (χ3v) is 5.26. The van der Waals surface area contributed by atoms with Crippen LogP contribution < -0.4 is 4.74 Å². The number of rotatable bonds is 6. The number of halogens is 2. The van der Waals surface area contributed by atoms with Crippen LogP contribution in [0.3, 0.4) is 0 Å². The Morgan fingerprint density at radius 3 is 2.59 bits per heavy atom. The topological polar surface area (TPSA) is 39.9 Å². The first-order valence-electron chi connectivity index (χ1n) is 9.17. The van der Waals surface area contributed by atoms with Gasteiger partial charge in [-0.2, -0.15) is 0 Å². The highest BCUT2D eigenvalue weighted by atomic mass is 35.5. The first-order valence-corrected chi connectivity index (χ1v) is 9.55. The summed E-state index contributed by atoms with van der Waals surface area (Å²) in [6.07, 6.45) is 0.656. The van der Waals surface area contributed by atoms with E-state index in [9.17, 15) is 9.18 Å². The number of allylic oxidation sites excluding steroid dienone is 2. The number of hydrogen-bond donors (Lipinski definition) is 0. The summed E-state index contributed by atoms with van der Waals surface area (Å²) < 4.78 is 25.2. The van der Waals surface area contributed by atoms with Crippen LogP contribution in [0.25, 0.3) is 4.85 Å². The number of carbonyl (C=O) groups is 1. The van der Waals surface area contributed by atoms with Crippen molar-refractivity contribution in [3.63, 3.8) is 0 Å². The molecule has 0 bridgehead atoms. The molecule has 0 saturated heterocycles. The van der Waals surface area contributed by atoms with Crippen molar-refractivity contribution in [1.82, 2.24) is 0 Å². The molecule has 3 unspecified atom stereocenters. The Hall–Kier alpha value is -2.84. The number of nitrogens with zero attached hydrogens (tertiary/aromatic N) is 1. The van der Waals surface area contributed by atoms with Crippen molar-refractivity contribution in [3.8, 4) is 11.5 Å². The first-order chi connectivity index (χ1) is 13.7. The maximum atomic E-state index is 14.2. The second kappa shape index (κ2) is 8.26. The van der Waals surface area contributed by atoms with Crippen LogP contribution in [0.5, 0.6) is 11.5 Å². The molecule has 150 valence electrons. The predicted molar refractivity (Wildman–Crippen MR) is 109 cm³/mol. The molecule has 0 heterocycles. The number of benzene rings is 2. The molecule has 0 radical (unpaired) electrons. The molecule has 3 rings (SSSR count). The highest BCUT2D eigenvalue weighted by molar-refractivity contribution is 6.29. The molecular weight excluding hydrogens is 393 g/mol. The van der Waals surface area contributed by atoms with Crippen LogP contribution in [0.2, 0.25) is 0 Å². The molecule has 0 aromatic heterocycles. The standard InChI is InChI=1S/C23H21ClFNO3/c1-14(24)12-17-20(23(17,2)3)22(27)29-21(26-4)15-10-11-18(25)19(13-15)28-16-8-6-5-7-9-16/h5-13,17,20-21H,1-3H3/b14-12+. The Morgan fingerprint density at radius 2 is 1.97 bits per heavy atom. The van der Waals surface area contributed by atoms with Gasteiger partial charge in [-0.05, 0) is 48.6 Å². The van der Waals surface area contributed by atoms with Gasteiger partial charge in [0, 0.05) is 5.03 Å². The van der Waals surface area contributed by atoms with E-state index in [2.05, 4.69) is 4.85 Å². The van der Waals surface area contributed by atoms with Crippen LogP contribution in [0.1, 0.15) is 32.6 Å². The largest absolute Gasteiger partial charge is 0.454 e. The van der Waals surface area contributed by atoms with Gasteiger partial charge >= 0.3 is 12.2 Å². The number of esters is 1. The normalized spacial score (nSPS) is 21.0. The molecule has 0 aliphatic heterocycles. The second-order valence-corrected chi connectivity index (χ2v) is 8.20. The number of para-hydroxylation sites is 1. The van der Waals surface area contributed by atoms with Gasteiger partial charge in [0.2, 0.25) is 0 Å². The highest BCUT2D eigenvalue weighted by Crippen LogP contribution is 2.60. The lowest BCUT2D eigenvalue weighted by molar-refractivity contribution is -0.150. The quantitative estimate of drug-likeness (QED) is 0.401. The molecule has 2 aromatic rings. The lowest BCUT2D eigenvalue weighted by Gasteiger charge is -2.11. The van der Waals surface area contributed by atoms with Crippen LogP contribution >= 0.6 is 11.6 Å². The summed E-state index contributed by atoms with van der Waals surface area (Å²) in [6.45, 7) is 13.1. The monoisotopic (exact) mass is 413 g/mol. The predicted octanol–water partition coefficient (Wildman–Crippen LogP) is 6.49. The van der Waals surface area contributed by atoms with Crippen molar-refractivity contribution in [2.24, 2.45) is 17.3 Å². The summed E-state index contributed by atoms with van der Waals surface area (Å²) in [5.74, 6) is -1.02. The maximum Gasteiger partial charge on any atom is 0.395 e. The lowest BCUT2D eigenvalue weighted by Crippen LogP contribution is -2.13. The van der Waals surface area contributed by atoms with Crippen LogP contribution in [0.4, 0.5) is 4.39 Å². The molecule has 1 saturated carbocycles. The van der Waals surface area contributed by atoms with E-state index in [0.717, 1.165) is 0 Å². The van der Waals surface area contributed by atoms with E-state index < -0.39 is 18.0 Å². The molecule has 1 fully saturated rings. The summed E-state index contributed by atoms with van der Waals surface area (Å²) in [7, 11) is 0. The minimum atomic E-state index is -1.18. The Morgan fingerprint density at radius 1 is 1.28 bits per heavy atom. The van der Waals surface area contributed by atoms with Crippen LogP contribution in [-0.2, 0) is 9.53 Å². The maximum absolute atomic E-state index is 14.2. The summed E-state index contributed by atoms with van der Waals surface area (Å²) in [4.78, 5) is 16.1. The molecule has 3 atom stereocenters. The van der Waals surface area contributed by atoms with Gasteiger partial charge in [-0.3, -0.25) is 9.64 Å². The van der Waals surface area contributed by atoms with Gasteiger partial charge in [0.25, 0.3) is 0 Å². The summed E-state index contributed by atoms with van der Waals surface area (Å²) in [5, 5.41) is 0.612. The average molecular weight is 414 g/mol. The van der Waals surface area contributed by atoms with Gasteiger partial charge in [0.1, 0.15) is 5.75 Å². The van der Waals surface area contributed by atoms with Crippen molar-refractivity contribution in [2.75, 3.05) is 0 Å². The lowest BCUT2D eigenvalue weighted by atomic mass is 10.1. The minimum absolute atomic E-state index is 0.0379. The molecule has 1 aliphatic carbocycles. The molecule has 2 aromatic carbocycles. The molecule has 0 N–H and O–H groups in total. The fraction of sp³-hybridized carbons (Fsp3) is 0.304. The third kappa shape index (κ3) is 4.60. The zero-order valence-corrected chi connectivity index (χ0v) is 17.1. The van der Waals surface area contributed by atoms with E-state index in [1.54, 1.807) is 31.2 Å². The van der Waals surface area contributed by atoms with Crippen molar-refractivity contribution in [1.29, 1.82) is 0 Å².